The van der Waals surface area contributed by atoms with Crippen LogP contribution in [-0.2, 0) is 14.2 Å². The monoisotopic (exact) mass is 308 g/mol. The van der Waals surface area contributed by atoms with Gasteiger partial charge in [-0.2, -0.15) is 35.3 Å². The van der Waals surface area contributed by atoms with Gasteiger partial charge in [0, 0.05) is 28.8 Å². The Morgan fingerprint density at radius 2 is 1.72 bits per heavy atom. The number of ether oxygens (including phenoxy) is 3. The quantitative estimate of drug-likeness (QED) is 0.776. The summed E-state index contributed by atoms with van der Waals surface area (Å²) in [6.07, 6.45) is 1.11. The molecule has 0 aromatic heterocycles. The maximum atomic E-state index is 6.15. The van der Waals surface area contributed by atoms with Gasteiger partial charge in [0.05, 0.1) is 25.1 Å². The third-order valence-corrected chi connectivity index (χ3v) is 7.34. The first-order valence-corrected chi connectivity index (χ1v) is 9.94. The predicted molar refractivity (Wildman–Crippen MR) is 79.9 cm³/mol. The van der Waals surface area contributed by atoms with E-state index in [0.717, 1.165) is 43.5 Å². The fourth-order valence-corrected chi connectivity index (χ4v) is 6.45. The highest BCUT2D eigenvalue weighted by molar-refractivity contribution is 8.06. The molecule has 0 radical (unpaired) electrons. The van der Waals surface area contributed by atoms with E-state index >= 15 is 0 Å². The second-order valence-corrected chi connectivity index (χ2v) is 8.25. The molecule has 2 atom stereocenters. The Hall–Kier alpha value is 0.930. The van der Waals surface area contributed by atoms with E-state index in [0.29, 0.717) is 5.25 Å². The number of thioether (sulfide) groups is 3. The molecule has 2 unspecified atom stereocenters. The van der Waals surface area contributed by atoms with Gasteiger partial charge in [0.15, 0.2) is 0 Å². The second kappa shape index (κ2) is 6.59. The minimum atomic E-state index is -0.482. The first-order chi connectivity index (χ1) is 8.92. The molecule has 0 aliphatic carbocycles. The van der Waals surface area contributed by atoms with Crippen LogP contribution in [0.15, 0.2) is 0 Å². The lowest BCUT2D eigenvalue weighted by Gasteiger charge is -2.48. The van der Waals surface area contributed by atoms with Gasteiger partial charge in [-0.05, 0) is 6.42 Å². The maximum Gasteiger partial charge on any atom is 0.208 e. The van der Waals surface area contributed by atoms with E-state index in [9.17, 15) is 0 Å². The van der Waals surface area contributed by atoms with Gasteiger partial charge in [-0.15, -0.1) is 0 Å². The molecule has 3 heterocycles. The Morgan fingerprint density at radius 3 is 2.39 bits per heavy atom. The van der Waals surface area contributed by atoms with Crippen molar-refractivity contribution < 1.29 is 14.2 Å². The molecule has 0 bridgehead atoms. The van der Waals surface area contributed by atoms with Crippen LogP contribution < -0.4 is 0 Å². The summed E-state index contributed by atoms with van der Waals surface area (Å²) in [5.41, 5.74) is 0. The van der Waals surface area contributed by atoms with Crippen molar-refractivity contribution in [2.45, 2.75) is 23.6 Å². The van der Waals surface area contributed by atoms with Gasteiger partial charge >= 0.3 is 0 Å². The lowest BCUT2D eigenvalue weighted by molar-refractivity contribution is -0.307. The molecule has 0 amide bonds. The average molecular weight is 308 g/mol. The summed E-state index contributed by atoms with van der Waals surface area (Å²) in [4.78, 5) is 0. The molecule has 104 valence electrons. The molecule has 0 aromatic carbocycles. The Kier molecular flexibility index (Phi) is 5.08. The molecule has 0 spiro atoms. The number of hydrogen-bond donors (Lipinski definition) is 0. The molecule has 3 nitrogen and oxygen atoms in total. The third-order valence-electron chi connectivity index (χ3n) is 3.47. The summed E-state index contributed by atoms with van der Waals surface area (Å²) in [6.45, 7) is 2.45. The summed E-state index contributed by atoms with van der Waals surface area (Å²) in [5, 5.41) is 0.417. The van der Waals surface area contributed by atoms with Crippen molar-refractivity contribution in [3.63, 3.8) is 0 Å². The van der Waals surface area contributed by atoms with E-state index in [2.05, 4.69) is 0 Å². The van der Waals surface area contributed by atoms with Crippen molar-refractivity contribution in [2.24, 2.45) is 0 Å². The fraction of sp³-hybridized carbons (Fsp3) is 1.00. The van der Waals surface area contributed by atoms with Crippen LogP contribution in [0, 0.1) is 0 Å². The van der Waals surface area contributed by atoms with Crippen LogP contribution in [0.2, 0.25) is 0 Å². The summed E-state index contributed by atoms with van der Waals surface area (Å²) < 4.78 is 18.3. The third kappa shape index (κ3) is 2.83. The second-order valence-electron chi connectivity index (χ2n) is 4.64. The molecule has 0 aromatic rings. The lowest BCUT2D eigenvalue weighted by Crippen LogP contribution is -2.61. The van der Waals surface area contributed by atoms with Gasteiger partial charge in [-0.3, -0.25) is 0 Å². The lowest BCUT2D eigenvalue weighted by atomic mass is 10.1. The average Bonchev–Trinajstić information content (AvgIpc) is 2.50. The van der Waals surface area contributed by atoms with Crippen LogP contribution in [-0.4, -0.2) is 65.7 Å². The summed E-state index contributed by atoms with van der Waals surface area (Å²) in [7, 11) is 0. The zero-order valence-corrected chi connectivity index (χ0v) is 12.9. The normalized spacial score (nSPS) is 37.3. The zero-order valence-electron chi connectivity index (χ0n) is 10.5. The molecule has 3 aliphatic heterocycles. The van der Waals surface area contributed by atoms with Crippen LogP contribution in [0.5, 0.6) is 0 Å². The maximum absolute atomic E-state index is 6.15. The van der Waals surface area contributed by atoms with Crippen molar-refractivity contribution in [1.29, 1.82) is 0 Å². The smallest absolute Gasteiger partial charge is 0.208 e. The standard InChI is InChI=1S/C12H20O3S3/c1-2-14-12(15-3-1,10-8-16-5-4-13-10)11-9-17-6-7-18-11/h10-11H,1-9H2. The van der Waals surface area contributed by atoms with Gasteiger partial charge in [-0.25, -0.2) is 0 Å². The molecule has 3 fully saturated rings. The first-order valence-electron chi connectivity index (χ1n) is 6.58. The molecule has 18 heavy (non-hydrogen) atoms. The molecule has 0 N–H and O–H groups in total. The van der Waals surface area contributed by atoms with Crippen LogP contribution in [0.1, 0.15) is 6.42 Å². The molecule has 6 heteroatoms. The summed E-state index contributed by atoms with van der Waals surface area (Å²) in [5.74, 6) is 5.18. The van der Waals surface area contributed by atoms with E-state index < -0.39 is 5.79 Å². The SMILES string of the molecule is C1COC(C2CSCCO2)(C2CSCCS2)OC1. The number of rotatable bonds is 2. The van der Waals surface area contributed by atoms with E-state index in [1.54, 1.807) is 0 Å². The van der Waals surface area contributed by atoms with Crippen LogP contribution >= 0.6 is 35.3 Å². The minimum absolute atomic E-state index is 0.104. The van der Waals surface area contributed by atoms with Gasteiger partial charge in [0.2, 0.25) is 5.79 Å². The molecule has 3 saturated heterocycles. The highest BCUT2D eigenvalue weighted by atomic mass is 32.2. The zero-order chi connectivity index (χ0) is 12.3. The highest BCUT2D eigenvalue weighted by Gasteiger charge is 2.51. The summed E-state index contributed by atoms with van der Waals surface area (Å²) >= 11 is 5.98. The van der Waals surface area contributed by atoms with Crippen LogP contribution in [0.3, 0.4) is 0 Å². The van der Waals surface area contributed by atoms with Crippen molar-refractivity contribution in [3.05, 3.63) is 0 Å². The highest BCUT2D eigenvalue weighted by Crippen LogP contribution is 2.41. The topological polar surface area (TPSA) is 27.7 Å². The van der Waals surface area contributed by atoms with Crippen LogP contribution in [0.25, 0.3) is 0 Å². The fourth-order valence-electron chi connectivity index (χ4n) is 2.58. The van der Waals surface area contributed by atoms with Gasteiger partial charge in [0.1, 0.15) is 6.10 Å². The van der Waals surface area contributed by atoms with Crippen molar-refractivity contribution in [2.75, 3.05) is 48.6 Å². The van der Waals surface area contributed by atoms with Crippen molar-refractivity contribution >= 4 is 35.3 Å². The Morgan fingerprint density at radius 1 is 0.889 bits per heavy atom. The Labute approximate surface area is 121 Å². The van der Waals surface area contributed by atoms with Crippen molar-refractivity contribution in [3.8, 4) is 0 Å². The minimum Gasteiger partial charge on any atom is -0.371 e. The molecule has 0 saturated carbocycles. The Bertz CT molecular complexity index is 239. The van der Waals surface area contributed by atoms with E-state index in [1.165, 1.54) is 11.5 Å². The predicted octanol–water partition coefficient (Wildman–Crippen LogP) is 2.10. The van der Waals surface area contributed by atoms with E-state index in [-0.39, 0.29) is 6.10 Å². The van der Waals surface area contributed by atoms with Gasteiger partial charge < -0.3 is 14.2 Å². The largest absolute Gasteiger partial charge is 0.371 e. The first kappa shape index (κ1) is 13.9. The van der Waals surface area contributed by atoms with E-state index in [4.69, 9.17) is 14.2 Å². The van der Waals surface area contributed by atoms with Gasteiger partial charge in [-0.1, -0.05) is 0 Å². The molecular formula is C12H20O3S3. The van der Waals surface area contributed by atoms with Crippen molar-refractivity contribution in [1.82, 2.24) is 0 Å². The number of hydrogen-bond acceptors (Lipinski definition) is 6. The van der Waals surface area contributed by atoms with E-state index in [1.807, 2.05) is 35.3 Å². The Balaban J connectivity index is 1.77. The molecular weight excluding hydrogens is 288 g/mol. The van der Waals surface area contributed by atoms with Gasteiger partial charge in [0.25, 0.3) is 0 Å². The summed E-state index contributed by atoms with van der Waals surface area (Å²) in [6, 6.07) is 0. The molecule has 3 rings (SSSR count). The molecule has 3 aliphatic rings. The van der Waals surface area contributed by atoms with Crippen LogP contribution in [0.4, 0.5) is 0 Å².